The Morgan fingerprint density at radius 1 is 1.29 bits per heavy atom. The Balaban J connectivity index is 2.01. The first kappa shape index (κ1) is 14.0. The lowest BCUT2D eigenvalue weighted by Crippen LogP contribution is -2.36. The van der Waals surface area contributed by atoms with Crippen LogP contribution in [-0.2, 0) is 18.4 Å². The molecular weight excluding hydrogens is 288 g/mol. The number of nitrogens with zero attached hydrogens (tertiary/aromatic N) is 1. The minimum Gasteiger partial charge on any atom is -0.321 e. The predicted molar refractivity (Wildman–Crippen MR) is 82.4 cm³/mol. The maximum atomic E-state index is 11.2. The van der Waals surface area contributed by atoms with Gasteiger partial charge in [-0.05, 0) is 36.1 Å². The van der Waals surface area contributed by atoms with E-state index in [4.69, 9.17) is 17.3 Å². The molecule has 0 aromatic heterocycles. The second kappa shape index (κ2) is 5.13. The normalized spacial score (nSPS) is 20.3. The smallest absolute Gasteiger partial charge is 0.272 e. The summed E-state index contributed by atoms with van der Waals surface area (Å²) in [4.78, 5) is 10.8. The Kier molecular flexibility index (Phi) is 3.43. The summed E-state index contributed by atoms with van der Waals surface area (Å²) in [6.45, 7) is 0. The van der Waals surface area contributed by atoms with Crippen molar-refractivity contribution in [1.29, 1.82) is 0 Å². The Bertz CT molecular complexity index is 717. The number of benzene rings is 2. The molecule has 21 heavy (non-hydrogen) atoms. The van der Waals surface area contributed by atoms with Gasteiger partial charge < -0.3 is 5.73 Å². The third kappa shape index (κ3) is 2.52. The van der Waals surface area contributed by atoms with E-state index in [2.05, 4.69) is 6.07 Å². The van der Waals surface area contributed by atoms with E-state index in [0.717, 1.165) is 18.4 Å². The van der Waals surface area contributed by atoms with Crippen LogP contribution in [-0.4, -0.2) is 4.92 Å². The summed E-state index contributed by atoms with van der Waals surface area (Å²) in [5.41, 5.74) is 8.97. The maximum Gasteiger partial charge on any atom is 0.272 e. The molecule has 0 fully saturated rings. The topological polar surface area (TPSA) is 69.2 Å². The van der Waals surface area contributed by atoms with Gasteiger partial charge in [0.25, 0.3) is 5.69 Å². The molecule has 0 radical (unpaired) electrons. The first-order valence-electron chi connectivity index (χ1n) is 6.80. The van der Waals surface area contributed by atoms with E-state index < -0.39 is 5.54 Å². The molecule has 3 rings (SSSR count). The first-order valence-corrected chi connectivity index (χ1v) is 7.17. The van der Waals surface area contributed by atoms with Gasteiger partial charge >= 0.3 is 0 Å². The summed E-state index contributed by atoms with van der Waals surface area (Å²) < 4.78 is 0. The quantitative estimate of drug-likeness (QED) is 0.696. The summed E-state index contributed by atoms with van der Waals surface area (Å²) in [7, 11) is 0. The summed E-state index contributed by atoms with van der Waals surface area (Å²) in [5.74, 6) is 0. The van der Waals surface area contributed by atoms with E-state index in [1.54, 1.807) is 6.07 Å². The van der Waals surface area contributed by atoms with Gasteiger partial charge in [0.2, 0.25) is 0 Å². The van der Waals surface area contributed by atoms with Crippen molar-refractivity contribution in [1.82, 2.24) is 0 Å². The fraction of sp³-hybridized carbons (Fsp3) is 0.250. The molecule has 2 aromatic rings. The Labute approximate surface area is 127 Å². The van der Waals surface area contributed by atoms with Crippen LogP contribution < -0.4 is 5.73 Å². The highest BCUT2D eigenvalue weighted by molar-refractivity contribution is 6.30. The first-order chi connectivity index (χ1) is 9.99. The van der Waals surface area contributed by atoms with Gasteiger partial charge in [-0.1, -0.05) is 35.9 Å². The maximum absolute atomic E-state index is 11.2. The molecule has 1 unspecified atom stereocenters. The van der Waals surface area contributed by atoms with Crippen molar-refractivity contribution < 1.29 is 4.92 Å². The van der Waals surface area contributed by atoms with Crippen molar-refractivity contribution in [2.45, 2.75) is 24.8 Å². The molecule has 0 saturated heterocycles. The van der Waals surface area contributed by atoms with Crippen molar-refractivity contribution >= 4 is 17.3 Å². The fourth-order valence-electron chi connectivity index (χ4n) is 3.11. The molecule has 0 heterocycles. The van der Waals surface area contributed by atoms with E-state index in [1.807, 2.05) is 18.2 Å². The fourth-order valence-corrected chi connectivity index (χ4v) is 3.31. The van der Waals surface area contributed by atoms with Gasteiger partial charge in [0.15, 0.2) is 0 Å². The van der Waals surface area contributed by atoms with Gasteiger partial charge in [-0.2, -0.15) is 0 Å². The van der Waals surface area contributed by atoms with Gasteiger partial charge in [0.1, 0.15) is 0 Å². The number of hydrogen-bond donors (Lipinski definition) is 1. The molecule has 1 aliphatic rings. The minimum absolute atomic E-state index is 0.0774. The molecule has 2 N–H and O–H groups in total. The van der Waals surface area contributed by atoms with Gasteiger partial charge in [-0.25, -0.2) is 0 Å². The predicted octanol–water partition coefficient (Wildman–Crippen LogP) is 3.59. The van der Waals surface area contributed by atoms with E-state index in [9.17, 15) is 10.1 Å². The van der Waals surface area contributed by atoms with Gasteiger partial charge in [0.05, 0.1) is 4.92 Å². The van der Waals surface area contributed by atoms with Crippen molar-refractivity contribution in [2.75, 3.05) is 0 Å². The van der Waals surface area contributed by atoms with E-state index >= 15 is 0 Å². The number of rotatable bonds is 3. The van der Waals surface area contributed by atoms with Crippen molar-refractivity contribution in [2.24, 2.45) is 5.73 Å². The second-order valence-electron chi connectivity index (χ2n) is 5.52. The molecule has 0 aliphatic heterocycles. The van der Waals surface area contributed by atoms with Crippen LogP contribution in [0.15, 0.2) is 42.5 Å². The van der Waals surface area contributed by atoms with E-state index in [-0.39, 0.29) is 10.6 Å². The average Bonchev–Trinajstić information content (AvgIpc) is 2.77. The lowest BCUT2D eigenvalue weighted by molar-refractivity contribution is -0.385. The monoisotopic (exact) mass is 302 g/mol. The molecule has 1 aliphatic carbocycles. The van der Waals surface area contributed by atoms with Crippen LogP contribution >= 0.6 is 11.6 Å². The standard InChI is InChI=1S/C16H15ClN2O2/c17-13-5-6-15(19(20)21)12(9-13)10-16(18)8-7-11-3-1-2-4-14(11)16/h1-6,9H,7-8,10,18H2. The summed E-state index contributed by atoms with van der Waals surface area (Å²) in [6, 6.07) is 12.7. The molecule has 0 saturated carbocycles. The van der Waals surface area contributed by atoms with Gasteiger partial charge in [-0.3, -0.25) is 10.1 Å². The summed E-state index contributed by atoms with van der Waals surface area (Å²) in [6.07, 6.45) is 2.11. The zero-order valence-electron chi connectivity index (χ0n) is 11.4. The number of halogens is 1. The Morgan fingerprint density at radius 3 is 2.81 bits per heavy atom. The Morgan fingerprint density at radius 2 is 2.05 bits per heavy atom. The van der Waals surface area contributed by atoms with Crippen LogP contribution in [0.25, 0.3) is 0 Å². The third-order valence-electron chi connectivity index (χ3n) is 4.14. The van der Waals surface area contributed by atoms with Gasteiger partial charge in [0, 0.05) is 28.6 Å². The number of nitro benzene ring substituents is 1. The van der Waals surface area contributed by atoms with E-state index in [0.29, 0.717) is 17.0 Å². The molecule has 0 bridgehead atoms. The SMILES string of the molecule is NC1(Cc2cc(Cl)ccc2[N+](=O)[O-])CCc2ccccc21. The highest BCUT2D eigenvalue weighted by atomic mass is 35.5. The van der Waals surface area contributed by atoms with Crippen LogP contribution in [0.3, 0.4) is 0 Å². The molecule has 108 valence electrons. The van der Waals surface area contributed by atoms with Gasteiger partial charge in [-0.15, -0.1) is 0 Å². The Hall–Kier alpha value is -1.91. The largest absolute Gasteiger partial charge is 0.321 e. The van der Waals surface area contributed by atoms with Crippen molar-refractivity contribution in [3.05, 3.63) is 74.3 Å². The van der Waals surface area contributed by atoms with Crippen LogP contribution in [0, 0.1) is 10.1 Å². The molecule has 0 amide bonds. The molecule has 4 nitrogen and oxygen atoms in total. The summed E-state index contributed by atoms with van der Waals surface area (Å²) in [5, 5.41) is 11.7. The lowest BCUT2D eigenvalue weighted by atomic mass is 9.85. The zero-order chi connectivity index (χ0) is 15.0. The number of aryl methyl sites for hydroxylation is 1. The highest BCUT2D eigenvalue weighted by Gasteiger charge is 2.36. The third-order valence-corrected chi connectivity index (χ3v) is 4.37. The highest BCUT2D eigenvalue weighted by Crippen LogP contribution is 2.39. The van der Waals surface area contributed by atoms with Crippen molar-refractivity contribution in [3.8, 4) is 0 Å². The molecule has 5 heteroatoms. The minimum atomic E-state index is -0.563. The van der Waals surface area contributed by atoms with Crippen LogP contribution in [0.5, 0.6) is 0 Å². The molecule has 1 atom stereocenters. The van der Waals surface area contributed by atoms with Crippen LogP contribution in [0.4, 0.5) is 5.69 Å². The van der Waals surface area contributed by atoms with Crippen LogP contribution in [0.2, 0.25) is 5.02 Å². The molecular formula is C16H15ClN2O2. The molecule has 2 aromatic carbocycles. The zero-order valence-corrected chi connectivity index (χ0v) is 12.1. The second-order valence-corrected chi connectivity index (χ2v) is 5.96. The number of nitrogens with two attached hydrogens (primary N) is 1. The van der Waals surface area contributed by atoms with E-state index in [1.165, 1.54) is 17.7 Å². The molecule has 0 spiro atoms. The lowest BCUT2D eigenvalue weighted by Gasteiger charge is -2.25. The van der Waals surface area contributed by atoms with Crippen molar-refractivity contribution in [3.63, 3.8) is 0 Å². The summed E-state index contributed by atoms with van der Waals surface area (Å²) >= 11 is 5.99. The number of hydrogen-bond acceptors (Lipinski definition) is 3. The van der Waals surface area contributed by atoms with Crippen LogP contribution in [0.1, 0.15) is 23.1 Å². The number of nitro groups is 1. The number of fused-ring (bicyclic) bond motifs is 1. The average molecular weight is 303 g/mol.